The molecule has 2 atom stereocenters. The van der Waals surface area contributed by atoms with E-state index in [0.29, 0.717) is 16.5 Å². The van der Waals surface area contributed by atoms with Gasteiger partial charge in [-0.1, -0.05) is 19.1 Å². The summed E-state index contributed by atoms with van der Waals surface area (Å²) in [5.41, 5.74) is 0.400. The van der Waals surface area contributed by atoms with Crippen molar-refractivity contribution >= 4 is 35.1 Å². The van der Waals surface area contributed by atoms with E-state index in [1.807, 2.05) is 0 Å². The Morgan fingerprint density at radius 3 is 2.32 bits per heavy atom. The second-order valence-electron chi connectivity index (χ2n) is 9.27. The third kappa shape index (κ3) is 5.45. The number of hydrogen-bond acceptors (Lipinski definition) is 6. The van der Waals surface area contributed by atoms with E-state index in [9.17, 15) is 32.3 Å². The van der Waals surface area contributed by atoms with Crippen LogP contribution in [0.25, 0.3) is 0 Å². The van der Waals surface area contributed by atoms with Crippen molar-refractivity contribution in [1.82, 2.24) is 4.90 Å². The molecule has 2 heterocycles. The number of piperidine rings is 1. The van der Waals surface area contributed by atoms with Crippen LogP contribution in [0, 0.1) is 5.92 Å². The fraction of sp³-hybridized carbons (Fsp3) is 0.385. The maximum atomic E-state index is 13.5. The smallest absolute Gasteiger partial charge is 0.391 e. The predicted molar refractivity (Wildman–Crippen MR) is 128 cm³/mol. The molecule has 8 nitrogen and oxygen atoms in total. The SMILES string of the molecule is COC(=O)c1cc(N2CCC[C@@H](C)C2)ccc1NC(=O)[C@H](CC(F)(F)F)N1C(=O)c2ccccc2C1=O. The molecule has 11 heteroatoms. The van der Waals surface area contributed by atoms with Gasteiger partial charge in [0.1, 0.15) is 6.04 Å². The average Bonchev–Trinajstić information content (AvgIpc) is 3.11. The lowest BCUT2D eigenvalue weighted by molar-refractivity contribution is -0.151. The maximum Gasteiger partial charge on any atom is 0.391 e. The molecular formula is C26H26F3N3O5. The predicted octanol–water partition coefficient (Wildman–Crippen LogP) is 4.27. The summed E-state index contributed by atoms with van der Waals surface area (Å²) in [4.78, 5) is 53.8. The molecule has 0 unspecified atom stereocenters. The summed E-state index contributed by atoms with van der Waals surface area (Å²) in [5.74, 6) is -3.59. The molecule has 0 bridgehead atoms. The van der Waals surface area contributed by atoms with E-state index in [4.69, 9.17) is 4.74 Å². The van der Waals surface area contributed by atoms with Crippen molar-refractivity contribution in [2.45, 2.75) is 38.4 Å². The highest BCUT2D eigenvalue weighted by atomic mass is 19.4. The van der Waals surface area contributed by atoms with Gasteiger partial charge < -0.3 is 15.0 Å². The van der Waals surface area contributed by atoms with E-state index >= 15 is 0 Å². The molecule has 0 aromatic heterocycles. The molecule has 3 amide bonds. The molecule has 0 spiro atoms. The quantitative estimate of drug-likeness (QED) is 0.454. The van der Waals surface area contributed by atoms with Gasteiger partial charge in [0, 0.05) is 18.8 Å². The molecule has 0 radical (unpaired) electrons. The minimum absolute atomic E-state index is 0.0558. The van der Waals surface area contributed by atoms with E-state index < -0.39 is 42.3 Å². The van der Waals surface area contributed by atoms with Gasteiger partial charge in [-0.05, 0) is 49.1 Å². The Kier molecular flexibility index (Phi) is 7.24. The highest BCUT2D eigenvalue weighted by molar-refractivity contribution is 6.23. The molecule has 0 aliphatic carbocycles. The van der Waals surface area contributed by atoms with Crippen molar-refractivity contribution in [2.75, 3.05) is 30.4 Å². The number of methoxy groups -OCH3 is 1. The highest BCUT2D eigenvalue weighted by Gasteiger charge is 2.47. The van der Waals surface area contributed by atoms with Gasteiger partial charge >= 0.3 is 12.1 Å². The molecular weight excluding hydrogens is 491 g/mol. The molecule has 196 valence electrons. The number of esters is 1. The van der Waals surface area contributed by atoms with Gasteiger partial charge in [0.25, 0.3) is 11.8 Å². The number of fused-ring (bicyclic) bond motifs is 1. The molecule has 0 saturated carbocycles. The Morgan fingerprint density at radius 1 is 1.11 bits per heavy atom. The van der Waals surface area contributed by atoms with Gasteiger partial charge in [0.2, 0.25) is 5.91 Å². The Hall–Kier alpha value is -3.89. The number of amides is 3. The van der Waals surface area contributed by atoms with Gasteiger partial charge in [0.15, 0.2) is 0 Å². The summed E-state index contributed by atoms with van der Waals surface area (Å²) in [5, 5.41) is 2.33. The summed E-state index contributed by atoms with van der Waals surface area (Å²) in [6, 6.07) is 7.97. The molecule has 1 N–H and O–H groups in total. The first-order chi connectivity index (χ1) is 17.5. The number of benzene rings is 2. The molecule has 2 aliphatic rings. The van der Waals surface area contributed by atoms with E-state index in [1.54, 1.807) is 6.07 Å². The third-order valence-electron chi connectivity index (χ3n) is 6.55. The summed E-state index contributed by atoms with van der Waals surface area (Å²) < 4.78 is 45.3. The monoisotopic (exact) mass is 517 g/mol. The zero-order chi connectivity index (χ0) is 26.9. The standard InChI is InChI=1S/C26H26F3N3O5/c1-15-6-5-11-31(14-15)16-9-10-20(19(12-16)25(36)37-2)30-22(33)21(13-26(27,28)29)32-23(34)17-7-3-4-8-18(17)24(32)35/h3-4,7-10,12,15,21H,5-6,11,13-14H2,1-2H3,(H,30,33)/t15-,21+/m1/s1. The van der Waals surface area contributed by atoms with Crippen LogP contribution in [0.3, 0.4) is 0 Å². The van der Waals surface area contributed by atoms with Gasteiger partial charge in [-0.2, -0.15) is 13.2 Å². The number of halogens is 3. The fourth-order valence-electron chi connectivity index (χ4n) is 4.77. The van der Waals surface area contributed by atoms with Crippen LogP contribution in [0.4, 0.5) is 24.5 Å². The number of anilines is 2. The van der Waals surface area contributed by atoms with Crippen LogP contribution >= 0.6 is 0 Å². The van der Waals surface area contributed by atoms with Crippen molar-refractivity contribution in [3.63, 3.8) is 0 Å². The molecule has 1 saturated heterocycles. The zero-order valence-electron chi connectivity index (χ0n) is 20.3. The summed E-state index contributed by atoms with van der Waals surface area (Å²) >= 11 is 0. The van der Waals surface area contributed by atoms with Crippen molar-refractivity contribution in [2.24, 2.45) is 5.92 Å². The van der Waals surface area contributed by atoms with Gasteiger partial charge in [-0.25, -0.2) is 4.79 Å². The third-order valence-corrected chi connectivity index (χ3v) is 6.55. The zero-order valence-corrected chi connectivity index (χ0v) is 20.3. The van der Waals surface area contributed by atoms with E-state index in [0.717, 1.165) is 33.0 Å². The van der Waals surface area contributed by atoms with Crippen LogP contribution in [0.15, 0.2) is 42.5 Å². The molecule has 2 aliphatic heterocycles. The van der Waals surface area contributed by atoms with Crippen LogP contribution in [-0.2, 0) is 9.53 Å². The topological polar surface area (TPSA) is 96.0 Å². The summed E-state index contributed by atoms with van der Waals surface area (Å²) in [6.07, 6.45) is -4.57. The Bertz CT molecular complexity index is 1210. The van der Waals surface area contributed by atoms with Crippen molar-refractivity contribution < 1.29 is 37.1 Å². The number of imide groups is 1. The van der Waals surface area contributed by atoms with E-state index in [-0.39, 0.29) is 22.4 Å². The molecule has 1 fully saturated rings. The van der Waals surface area contributed by atoms with Crippen LogP contribution in [0.2, 0.25) is 0 Å². The molecule has 2 aromatic carbocycles. The first-order valence-electron chi connectivity index (χ1n) is 11.8. The van der Waals surface area contributed by atoms with Crippen LogP contribution in [-0.4, -0.2) is 61.0 Å². The number of nitrogens with zero attached hydrogens (tertiary/aromatic N) is 2. The second kappa shape index (κ2) is 10.2. The number of alkyl halides is 3. The number of carbonyl (C=O) groups is 4. The number of ether oxygens (including phenoxy) is 1. The van der Waals surface area contributed by atoms with Crippen molar-refractivity contribution in [3.8, 4) is 0 Å². The average molecular weight is 518 g/mol. The van der Waals surface area contributed by atoms with Crippen LogP contribution in [0.1, 0.15) is 57.3 Å². The normalized spacial score (nSPS) is 18.5. The Balaban J connectivity index is 1.66. The summed E-state index contributed by atoms with van der Waals surface area (Å²) in [6.45, 7) is 3.64. The lowest BCUT2D eigenvalue weighted by Crippen LogP contribution is -2.49. The van der Waals surface area contributed by atoms with Crippen LogP contribution < -0.4 is 10.2 Å². The molecule has 37 heavy (non-hydrogen) atoms. The Labute approximate surface area is 211 Å². The van der Waals surface area contributed by atoms with Gasteiger partial charge in [-0.15, -0.1) is 0 Å². The highest BCUT2D eigenvalue weighted by Crippen LogP contribution is 2.32. The van der Waals surface area contributed by atoms with Crippen molar-refractivity contribution in [3.05, 3.63) is 59.2 Å². The number of carbonyl (C=O) groups excluding carboxylic acids is 4. The van der Waals surface area contributed by atoms with Gasteiger partial charge in [-0.3, -0.25) is 19.3 Å². The van der Waals surface area contributed by atoms with Gasteiger partial charge in [0.05, 0.1) is 35.9 Å². The minimum atomic E-state index is -4.86. The minimum Gasteiger partial charge on any atom is -0.465 e. The maximum absolute atomic E-state index is 13.5. The van der Waals surface area contributed by atoms with Crippen LogP contribution in [0.5, 0.6) is 0 Å². The largest absolute Gasteiger partial charge is 0.465 e. The first-order valence-corrected chi connectivity index (χ1v) is 11.8. The number of nitrogens with one attached hydrogen (secondary N) is 1. The van der Waals surface area contributed by atoms with E-state index in [1.165, 1.54) is 36.4 Å². The molecule has 2 aromatic rings. The molecule has 4 rings (SSSR count). The Morgan fingerprint density at radius 2 is 1.76 bits per heavy atom. The first kappa shape index (κ1) is 26.2. The van der Waals surface area contributed by atoms with Crippen molar-refractivity contribution in [1.29, 1.82) is 0 Å². The van der Waals surface area contributed by atoms with E-state index in [2.05, 4.69) is 17.1 Å². The fourth-order valence-corrected chi connectivity index (χ4v) is 4.77. The lowest BCUT2D eigenvalue weighted by atomic mass is 9.99. The number of hydrogen-bond donors (Lipinski definition) is 1. The number of rotatable bonds is 6. The second-order valence-corrected chi connectivity index (χ2v) is 9.27. The summed E-state index contributed by atoms with van der Waals surface area (Å²) in [7, 11) is 1.15. The lowest BCUT2D eigenvalue weighted by Gasteiger charge is -2.33.